The summed E-state index contributed by atoms with van der Waals surface area (Å²) in [7, 11) is 0. The van der Waals surface area contributed by atoms with Crippen LogP contribution in [0.1, 0.15) is 23.6 Å². The molecule has 0 spiro atoms. The van der Waals surface area contributed by atoms with Gasteiger partial charge in [0.1, 0.15) is 0 Å². The summed E-state index contributed by atoms with van der Waals surface area (Å²) in [6.45, 7) is 3.69. The van der Waals surface area contributed by atoms with Crippen LogP contribution in [0.5, 0.6) is 0 Å². The number of aryl methyl sites for hydroxylation is 1. The van der Waals surface area contributed by atoms with Crippen LogP contribution in [-0.2, 0) is 11.2 Å². The van der Waals surface area contributed by atoms with Crippen molar-refractivity contribution in [1.29, 1.82) is 0 Å². The van der Waals surface area contributed by atoms with Gasteiger partial charge in [0.2, 0.25) is 0 Å². The van der Waals surface area contributed by atoms with Gasteiger partial charge in [0.15, 0.2) is 5.78 Å². The van der Waals surface area contributed by atoms with E-state index < -0.39 is 0 Å². The minimum atomic E-state index is 0.0986. The lowest BCUT2D eigenvalue weighted by molar-refractivity contribution is -0.112. The molecule has 1 rings (SSSR count). The van der Waals surface area contributed by atoms with Crippen LogP contribution in [0.15, 0.2) is 18.2 Å². The highest BCUT2D eigenvalue weighted by Gasteiger charge is 1.93. The fourth-order valence-corrected chi connectivity index (χ4v) is 1.73. The summed E-state index contributed by atoms with van der Waals surface area (Å²) in [6.07, 6.45) is 4.54. The molecule has 64 valence electrons. The lowest BCUT2D eigenvalue weighted by atomic mass is 10.3. The van der Waals surface area contributed by atoms with Gasteiger partial charge < -0.3 is 0 Å². The Morgan fingerprint density at radius 1 is 1.58 bits per heavy atom. The highest BCUT2D eigenvalue weighted by molar-refractivity contribution is 7.12. The van der Waals surface area contributed by atoms with Crippen LogP contribution in [-0.4, -0.2) is 5.78 Å². The van der Waals surface area contributed by atoms with E-state index in [1.54, 1.807) is 24.3 Å². The van der Waals surface area contributed by atoms with E-state index in [0.717, 1.165) is 11.3 Å². The number of allylic oxidation sites excluding steroid dienone is 1. The fraction of sp³-hybridized carbons (Fsp3) is 0.300. The van der Waals surface area contributed by atoms with Crippen molar-refractivity contribution in [3.8, 4) is 0 Å². The number of carbonyl (C=O) groups is 1. The summed E-state index contributed by atoms with van der Waals surface area (Å²) >= 11 is 1.74. The van der Waals surface area contributed by atoms with Crippen molar-refractivity contribution >= 4 is 23.2 Å². The Morgan fingerprint density at radius 3 is 2.83 bits per heavy atom. The largest absolute Gasteiger partial charge is 0.295 e. The molecule has 2 heteroatoms. The molecule has 1 nitrogen and oxygen atoms in total. The van der Waals surface area contributed by atoms with Crippen molar-refractivity contribution in [1.82, 2.24) is 0 Å². The summed E-state index contributed by atoms with van der Waals surface area (Å²) in [4.78, 5) is 13.1. The molecule has 0 aliphatic rings. The molecular formula is C10H12OS. The Hall–Kier alpha value is -0.890. The first-order valence-electron chi connectivity index (χ1n) is 3.99. The SMILES string of the molecule is CCc1ccc(/C=C/C(C)=O)s1. The maximum Gasteiger partial charge on any atom is 0.152 e. The zero-order chi connectivity index (χ0) is 8.97. The third-order valence-electron chi connectivity index (χ3n) is 1.51. The predicted octanol–water partition coefficient (Wildman–Crippen LogP) is 2.91. The van der Waals surface area contributed by atoms with Crippen molar-refractivity contribution in [3.63, 3.8) is 0 Å². The smallest absolute Gasteiger partial charge is 0.152 e. The van der Waals surface area contributed by atoms with E-state index >= 15 is 0 Å². The molecule has 0 unspecified atom stereocenters. The van der Waals surface area contributed by atoms with Gasteiger partial charge in [0.25, 0.3) is 0 Å². The summed E-state index contributed by atoms with van der Waals surface area (Å²) in [5.74, 6) is 0.0986. The van der Waals surface area contributed by atoms with E-state index in [2.05, 4.69) is 13.0 Å². The van der Waals surface area contributed by atoms with Gasteiger partial charge in [0.05, 0.1) is 0 Å². The van der Waals surface area contributed by atoms with E-state index in [0.29, 0.717) is 0 Å². The minimum Gasteiger partial charge on any atom is -0.295 e. The van der Waals surface area contributed by atoms with Crippen molar-refractivity contribution in [2.24, 2.45) is 0 Å². The standard InChI is InChI=1S/C10H12OS/c1-3-9-6-7-10(12-9)5-4-8(2)11/h4-7H,3H2,1-2H3/b5-4+. The summed E-state index contributed by atoms with van der Waals surface area (Å²) in [5.41, 5.74) is 0. The lowest BCUT2D eigenvalue weighted by Crippen LogP contribution is -1.77. The lowest BCUT2D eigenvalue weighted by Gasteiger charge is -1.83. The summed E-state index contributed by atoms with van der Waals surface area (Å²) < 4.78 is 0. The molecule has 0 radical (unpaired) electrons. The Bertz CT molecular complexity index is 297. The topological polar surface area (TPSA) is 17.1 Å². The molecule has 0 bridgehead atoms. The molecule has 0 N–H and O–H groups in total. The molecule has 0 amide bonds. The van der Waals surface area contributed by atoms with Gasteiger partial charge in [-0.3, -0.25) is 4.79 Å². The third kappa shape index (κ3) is 2.62. The van der Waals surface area contributed by atoms with Crippen LogP contribution in [0.4, 0.5) is 0 Å². The average Bonchev–Trinajstić information content (AvgIpc) is 2.48. The Labute approximate surface area is 76.7 Å². The number of ketones is 1. The zero-order valence-corrected chi connectivity index (χ0v) is 8.15. The fourth-order valence-electron chi connectivity index (χ4n) is 0.874. The van der Waals surface area contributed by atoms with Crippen LogP contribution in [0, 0.1) is 0 Å². The van der Waals surface area contributed by atoms with Crippen molar-refractivity contribution in [2.75, 3.05) is 0 Å². The van der Waals surface area contributed by atoms with E-state index in [-0.39, 0.29) is 5.78 Å². The van der Waals surface area contributed by atoms with E-state index in [9.17, 15) is 4.79 Å². The molecule has 0 fully saturated rings. The van der Waals surface area contributed by atoms with Gasteiger partial charge in [-0.15, -0.1) is 11.3 Å². The first-order valence-corrected chi connectivity index (χ1v) is 4.81. The number of carbonyl (C=O) groups excluding carboxylic acids is 1. The van der Waals surface area contributed by atoms with Gasteiger partial charge in [-0.2, -0.15) is 0 Å². The van der Waals surface area contributed by atoms with E-state index in [1.807, 2.05) is 12.1 Å². The zero-order valence-electron chi connectivity index (χ0n) is 7.33. The van der Waals surface area contributed by atoms with E-state index in [1.165, 1.54) is 4.88 Å². The maximum atomic E-state index is 10.6. The highest BCUT2D eigenvalue weighted by Crippen LogP contribution is 2.17. The maximum absolute atomic E-state index is 10.6. The van der Waals surface area contributed by atoms with Crippen molar-refractivity contribution < 1.29 is 4.79 Å². The molecule has 0 aliphatic heterocycles. The van der Waals surface area contributed by atoms with Gasteiger partial charge in [-0.25, -0.2) is 0 Å². The Morgan fingerprint density at radius 2 is 2.33 bits per heavy atom. The number of hydrogen-bond donors (Lipinski definition) is 0. The average molecular weight is 180 g/mol. The second-order valence-electron chi connectivity index (χ2n) is 2.60. The first kappa shape index (κ1) is 9.20. The Kier molecular flexibility index (Phi) is 3.23. The molecule has 1 aromatic rings. The summed E-state index contributed by atoms with van der Waals surface area (Å²) in [6, 6.07) is 4.15. The second kappa shape index (κ2) is 4.21. The third-order valence-corrected chi connectivity index (χ3v) is 2.71. The van der Waals surface area contributed by atoms with Crippen LogP contribution in [0.3, 0.4) is 0 Å². The molecule has 1 aromatic heterocycles. The molecule has 12 heavy (non-hydrogen) atoms. The normalized spacial score (nSPS) is 10.8. The Balaban J connectivity index is 2.70. The number of hydrogen-bond acceptors (Lipinski definition) is 2. The predicted molar refractivity (Wildman–Crippen MR) is 53.4 cm³/mol. The molecule has 1 heterocycles. The molecule has 0 aliphatic carbocycles. The van der Waals surface area contributed by atoms with Crippen molar-refractivity contribution in [3.05, 3.63) is 28.0 Å². The molecule has 0 saturated heterocycles. The monoisotopic (exact) mass is 180 g/mol. The van der Waals surface area contributed by atoms with E-state index in [4.69, 9.17) is 0 Å². The van der Waals surface area contributed by atoms with Crippen LogP contribution in [0.25, 0.3) is 6.08 Å². The van der Waals surface area contributed by atoms with Crippen LogP contribution >= 0.6 is 11.3 Å². The van der Waals surface area contributed by atoms with Gasteiger partial charge in [-0.1, -0.05) is 6.92 Å². The quantitative estimate of drug-likeness (QED) is 0.654. The molecule has 0 atom stereocenters. The summed E-state index contributed by atoms with van der Waals surface area (Å²) in [5, 5.41) is 0. The second-order valence-corrected chi connectivity index (χ2v) is 3.80. The molecule has 0 aromatic carbocycles. The molecular weight excluding hydrogens is 168 g/mol. The van der Waals surface area contributed by atoms with Gasteiger partial charge >= 0.3 is 0 Å². The van der Waals surface area contributed by atoms with Crippen LogP contribution in [0.2, 0.25) is 0 Å². The first-order chi connectivity index (χ1) is 5.72. The van der Waals surface area contributed by atoms with Gasteiger partial charge in [-0.05, 0) is 37.6 Å². The highest BCUT2D eigenvalue weighted by atomic mass is 32.1. The number of thiophene rings is 1. The van der Waals surface area contributed by atoms with Crippen LogP contribution < -0.4 is 0 Å². The van der Waals surface area contributed by atoms with Crippen molar-refractivity contribution in [2.45, 2.75) is 20.3 Å². The van der Waals surface area contributed by atoms with Gasteiger partial charge in [0, 0.05) is 9.75 Å². The minimum absolute atomic E-state index is 0.0986. The number of rotatable bonds is 3. The molecule has 0 saturated carbocycles.